The molecule has 20 heavy (non-hydrogen) atoms. The predicted molar refractivity (Wildman–Crippen MR) is 77.6 cm³/mol. The molecule has 0 radical (unpaired) electrons. The molecule has 4 heterocycles. The molecule has 0 N–H and O–H groups in total. The van der Waals surface area contributed by atoms with Crippen LogP contribution in [0.5, 0.6) is 0 Å². The zero-order chi connectivity index (χ0) is 13.5. The highest BCUT2D eigenvalue weighted by Crippen LogP contribution is 2.35. The second kappa shape index (κ2) is 4.76. The second-order valence-electron chi connectivity index (χ2n) is 5.99. The first-order valence-electron chi connectivity index (χ1n) is 7.38. The largest absolute Gasteiger partial charge is 0.378 e. The van der Waals surface area contributed by atoms with Crippen molar-refractivity contribution in [3.63, 3.8) is 0 Å². The second-order valence-corrected chi connectivity index (χ2v) is 5.99. The Hall–Kier alpha value is -1.57. The topological polar surface area (TPSA) is 28.6 Å². The molecule has 2 bridgehead atoms. The Morgan fingerprint density at radius 1 is 1.15 bits per heavy atom. The van der Waals surface area contributed by atoms with Crippen molar-refractivity contribution in [1.29, 1.82) is 0 Å². The van der Waals surface area contributed by atoms with E-state index in [9.17, 15) is 0 Å². The Morgan fingerprint density at radius 3 is 2.40 bits per heavy atom. The van der Waals surface area contributed by atoms with Gasteiger partial charge in [-0.15, -0.1) is 6.42 Å². The van der Waals surface area contributed by atoms with Crippen molar-refractivity contribution >= 4 is 5.82 Å². The third-order valence-electron chi connectivity index (χ3n) is 4.83. The van der Waals surface area contributed by atoms with E-state index in [1.54, 1.807) is 6.20 Å². The fourth-order valence-electron chi connectivity index (χ4n) is 3.67. The minimum atomic E-state index is 0.596. The lowest BCUT2D eigenvalue weighted by Gasteiger charge is -2.47. The molecule has 2 atom stereocenters. The van der Waals surface area contributed by atoms with E-state index in [2.05, 4.69) is 26.8 Å². The highest BCUT2D eigenvalue weighted by atomic mass is 16.5. The maximum Gasteiger partial charge on any atom is 0.129 e. The summed E-state index contributed by atoms with van der Waals surface area (Å²) in [6, 6.07) is 5.91. The number of hydrogen-bond acceptors (Lipinski definition) is 4. The fourth-order valence-corrected chi connectivity index (χ4v) is 3.67. The van der Waals surface area contributed by atoms with Gasteiger partial charge in [-0.1, -0.05) is 5.92 Å². The minimum absolute atomic E-state index is 0.596. The summed E-state index contributed by atoms with van der Waals surface area (Å²) in [6.07, 6.45) is 9.75. The Labute approximate surface area is 119 Å². The lowest BCUT2D eigenvalue weighted by molar-refractivity contribution is -0.0705. The summed E-state index contributed by atoms with van der Waals surface area (Å²) in [5.41, 5.74) is 0.853. The van der Waals surface area contributed by atoms with E-state index in [4.69, 9.17) is 11.2 Å². The molecule has 1 unspecified atom stereocenters. The SMILES string of the molecule is C#Cc1ccc(N2C3CC[C@@H]2CN(C2COC2)C3)nc1. The van der Waals surface area contributed by atoms with Crippen LogP contribution in [0.1, 0.15) is 18.4 Å². The summed E-state index contributed by atoms with van der Waals surface area (Å²) in [6.45, 7) is 4.11. The zero-order valence-electron chi connectivity index (χ0n) is 11.5. The highest BCUT2D eigenvalue weighted by molar-refractivity contribution is 5.46. The van der Waals surface area contributed by atoms with Gasteiger partial charge in [-0.3, -0.25) is 4.90 Å². The van der Waals surface area contributed by atoms with E-state index in [1.165, 1.54) is 12.8 Å². The highest BCUT2D eigenvalue weighted by Gasteiger charge is 2.43. The van der Waals surface area contributed by atoms with Crippen LogP contribution in [-0.4, -0.2) is 54.3 Å². The summed E-state index contributed by atoms with van der Waals surface area (Å²) in [5, 5.41) is 0. The van der Waals surface area contributed by atoms with Crippen molar-refractivity contribution in [2.45, 2.75) is 31.0 Å². The van der Waals surface area contributed by atoms with Gasteiger partial charge in [-0.05, 0) is 25.0 Å². The van der Waals surface area contributed by atoms with E-state index in [0.717, 1.165) is 37.7 Å². The van der Waals surface area contributed by atoms with Crippen LogP contribution in [0.2, 0.25) is 0 Å². The van der Waals surface area contributed by atoms with Gasteiger partial charge in [-0.2, -0.15) is 0 Å². The molecule has 3 fully saturated rings. The van der Waals surface area contributed by atoms with Gasteiger partial charge in [-0.25, -0.2) is 4.98 Å². The molecule has 1 aromatic heterocycles. The van der Waals surface area contributed by atoms with Crippen LogP contribution in [0.25, 0.3) is 0 Å². The van der Waals surface area contributed by atoms with Gasteiger partial charge in [0.15, 0.2) is 0 Å². The number of piperazine rings is 1. The summed E-state index contributed by atoms with van der Waals surface area (Å²) in [5.74, 6) is 3.71. The van der Waals surface area contributed by atoms with Crippen LogP contribution in [0.15, 0.2) is 18.3 Å². The molecule has 0 aliphatic carbocycles. The van der Waals surface area contributed by atoms with Crippen molar-refractivity contribution in [3.05, 3.63) is 23.9 Å². The Kier molecular flexibility index (Phi) is 2.90. The number of ether oxygens (including phenoxy) is 1. The number of aromatic nitrogens is 1. The van der Waals surface area contributed by atoms with Crippen LogP contribution in [0.3, 0.4) is 0 Å². The van der Waals surface area contributed by atoms with E-state index in [0.29, 0.717) is 18.1 Å². The zero-order valence-corrected chi connectivity index (χ0v) is 11.5. The standard InChI is InChI=1S/C16H19N3O/c1-2-12-3-6-16(17-7-12)19-13-4-5-14(19)9-18(8-13)15-10-20-11-15/h1,3,6-7,13-15H,4-5,8-11H2/t13-,14?/m1/s1. The predicted octanol–water partition coefficient (Wildman–Crippen LogP) is 1.11. The normalized spacial score (nSPS) is 30.1. The molecule has 4 nitrogen and oxygen atoms in total. The molecule has 104 valence electrons. The summed E-state index contributed by atoms with van der Waals surface area (Å²) >= 11 is 0. The van der Waals surface area contributed by atoms with E-state index in [1.807, 2.05) is 6.07 Å². The van der Waals surface area contributed by atoms with Crippen molar-refractivity contribution < 1.29 is 4.74 Å². The molecule has 0 amide bonds. The number of pyridine rings is 1. The molecule has 4 heteroatoms. The van der Waals surface area contributed by atoms with Crippen LogP contribution in [-0.2, 0) is 4.74 Å². The van der Waals surface area contributed by atoms with Gasteiger partial charge >= 0.3 is 0 Å². The van der Waals surface area contributed by atoms with Gasteiger partial charge in [0.05, 0.1) is 19.3 Å². The first-order chi connectivity index (χ1) is 9.85. The number of likely N-dealkylation sites (tertiary alicyclic amines) is 1. The van der Waals surface area contributed by atoms with E-state index in [-0.39, 0.29) is 0 Å². The molecule has 3 aliphatic rings. The molecule has 3 saturated heterocycles. The van der Waals surface area contributed by atoms with Gasteiger partial charge in [0, 0.05) is 36.9 Å². The molecular weight excluding hydrogens is 250 g/mol. The maximum atomic E-state index is 5.40. The van der Waals surface area contributed by atoms with Crippen LogP contribution < -0.4 is 4.90 Å². The van der Waals surface area contributed by atoms with Gasteiger partial charge in [0.2, 0.25) is 0 Å². The van der Waals surface area contributed by atoms with Gasteiger partial charge < -0.3 is 9.64 Å². The average Bonchev–Trinajstić information content (AvgIpc) is 2.68. The first-order valence-corrected chi connectivity index (χ1v) is 7.38. The van der Waals surface area contributed by atoms with Crippen molar-refractivity contribution in [3.8, 4) is 12.3 Å². The van der Waals surface area contributed by atoms with Gasteiger partial charge in [0.1, 0.15) is 5.82 Å². The number of anilines is 1. The summed E-state index contributed by atoms with van der Waals surface area (Å²) in [7, 11) is 0. The molecule has 4 rings (SSSR count). The number of terminal acetylenes is 1. The monoisotopic (exact) mass is 269 g/mol. The molecule has 0 saturated carbocycles. The molecular formula is C16H19N3O. The Morgan fingerprint density at radius 2 is 1.90 bits per heavy atom. The molecule has 0 aromatic carbocycles. The number of rotatable bonds is 2. The van der Waals surface area contributed by atoms with Crippen molar-refractivity contribution in [2.24, 2.45) is 0 Å². The van der Waals surface area contributed by atoms with Gasteiger partial charge in [0.25, 0.3) is 0 Å². The van der Waals surface area contributed by atoms with Crippen molar-refractivity contribution in [2.75, 3.05) is 31.2 Å². The Balaban J connectivity index is 1.53. The van der Waals surface area contributed by atoms with Crippen LogP contribution in [0, 0.1) is 12.3 Å². The number of nitrogens with zero attached hydrogens (tertiary/aromatic N) is 3. The molecule has 0 spiro atoms. The smallest absolute Gasteiger partial charge is 0.129 e. The van der Waals surface area contributed by atoms with Crippen molar-refractivity contribution in [1.82, 2.24) is 9.88 Å². The van der Waals surface area contributed by atoms with E-state index >= 15 is 0 Å². The minimum Gasteiger partial charge on any atom is -0.378 e. The third kappa shape index (κ3) is 1.90. The first kappa shape index (κ1) is 12.2. The lowest BCUT2D eigenvalue weighted by Crippen LogP contribution is -2.61. The molecule has 1 aromatic rings. The van der Waals surface area contributed by atoms with Crippen LogP contribution >= 0.6 is 0 Å². The average molecular weight is 269 g/mol. The third-order valence-corrected chi connectivity index (χ3v) is 4.83. The molecule has 3 aliphatic heterocycles. The fraction of sp³-hybridized carbons (Fsp3) is 0.562. The summed E-state index contributed by atoms with van der Waals surface area (Å²) in [4.78, 5) is 9.68. The van der Waals surface area contributed by atoms with E-state index < -0.39 is 0 Å². The quantitative estimate of drug-likeness (QED) is 0.752. The lowest BCUT2D eigenvalue weighted by atomic mass is 10.1. The Bertz CT molecular complexity index is 518. The summed E-state index contributed by atoms with van der Waals surface area (Å²) < 4.78 is 5.33. The number of fused-ring (bicyclic) bond motifs is 2. The maximum absolute atomic E-state index is 5.40. The van der Waals surface area contributed by atoms with Crippen LogP contribution in [0.4, 0.5) is 5.82 Å². The number of hydrogen-bond donors (Lipinski definition) is 0.